The highest BCUT2D eigenvalue weighted by Crippen LogP contribution is 2.42. The Balaban J connectivity index is 2.06. The van der Waals surface area contributed by atoms with E-state index in [9.17, 15) is 5.11 Å². The van der Waals surface area contributed by atoms with Gasteiger partial charge in [-0.3, -0.25) is 0 Å². The number of phenols is 1. The van der Waals surface area contributed by atoms with E-state index in [4.69, 9.17) is 0 Å². The van der Waals surface area contributed by atoms with Crippen molar-refractivity contribution in [2.45, 2.75) is 19.3 Å². The second kappa shape index (κ2) is 3.92. The van der Waals surface area contributed by atoms with E-state index in [0.29, 0.717) is 17.6 Å². The lowest BCUT2D eigenvalue weighted by molar-refractivity contribution is 0.474. The number of phenolic OH excluding ortho intramolecular Hbond substituents is 1. The van der Waals surface area contributed by atoms with Gasteiger partial charge in [-0.1, -0.05) is 43.3 Å². The van der Waals surface area contributed by atoms with E-state index in [0.717, 1.165) is 6.42 Å². The van der Waals surface area contributed by atoms with Crippen molar-refractivity contribution < 1.29 is 5.11 Å². The van der Waals surface area contributed by atoms with E-state index in [2.05, 4.69) is 31.2 Å². The largest absolute Gasteiger partial charge is 0.508 e. The van der Waals surface area contributed by atoms with Gasteiger partial charge in [0.15, 0.2) is 0 Å². The van der Waals surface area contributed by atoms with E-state index in [1.165, 1.54) is 16.7 Å². The summed E-state index contributed by atoms with van der Waals surface area (Å²) in [5.74, 6) is 1.46. The van der Waals surface area contributed by atoms with E-state index < -0.39 is 0 Å². The Morgan fingerprint density at radius 3 is 2.47 bits per heavy atom. The van der Waals surface area contributed by atoms with Crippen molar-refractivity contribution in [3.8, 4) is 5.75 Å². The zero-order chi connectivity index (χ0) is 11.8. The summed E-state index contributed by atoms with van der Waals surface area (Å²) in [5, 5.41) is 9.36. The fourth-order valence-corrected chi connectivity index (χ4v) is 2.98. The highest BCUT2D eigenvalue weighted by atomic mass is 16.3. The van der Waals surface area contributed by atoms with Crippen molar-refractivity contribution in [1.82, 2.24) is 0 Å². The molecule has 0 heterocycles. The number of aromatic hydroxyl groups is 1. The van der Waals surface area contributed by atoms with Crippen LogP contribution in [0.2, 0.25) is 0 Å². The summed E-state index contributed by atoms with van der Waals surface area (Å²) >= 11 is 0. The van der Waals surface area contributed by atoms with Gasteiger partial charge >= 0.3 is 0 Å². The molecule has 0 amide bonds. The fraction of sp³-hybridized carbons (Fsp3) is 0.250. The number of benzene rings is 2. The molecule has 0 unspecified atom stereocenters. The Labute approximate surface area is 102 Å². The molecule has 86 valence electrons. The molecular weight excluding hydrogens is 208 g/mol. The second-order valence-electron chi connectivity index (χ2n) is 4.95. The minimum Gasteiger partial charge on any atom is -0.508 e. The van der Waals surface area contributed by atoms with Crippen LogP contribution in [0.25, 0.3) is 0 Å². The topological polar surface area (TPSA) is 20.2 Å². The molecule has 2 aromatic rings. The van der Waals surface area contributed by atoms with Gasteiger partial charge in [0.05, 0.1) is 0 Å². The average molecular weight is 224 g/mol. The number of fused-ring (bicyclic) bond motifs is 1. The van der Waals surface area contributed by atoms with Gasteiger partial charge in [-0.2, -0.15) is 0 Å². The highest BCUT2D eigenvalue weighted by molar-refractivity contribution is 5.44. The standard InChI is InChI=1S/C16H16O/c1-11-10-13-4-2-3-5-15(13)16(11)12-6-8-14(17)9-7-12/h2-9,11,16-17H,10H2,1H3/t11-,16-/m0/s1. The van der Waals surface area contributed by atoms with Crippen LogP contribution >= 0.6 is 0 Å². The molecule has 0 aliphatic heterocycles. The normalized spacial score (nSPS) is 22.4. The minimum atomic E-state index is 0.340. The first-order valence-corrected chi connectivity index (χ1v) is 6.12. The van der Waals surface area contributed by atoms with Gasteiger partial charge in [0, 0.05) is 5.92 Å². The zero-order valence-electron chi connectivity index (χ0n) is 9.93. The highest BCUT2D eigenvalue weighted by Gasteiger charge is 2.29. The molecule has 0 bridgehead atoms. The van der Waals surface area contributed by atoms with Crippen molar-refractivity contribution in [3.05, 3.63) is 65.2 Å². The van der Waals surface area contributed by atoms with Crippen molar-refractivity contribution >= 4 is 0 Å². The maximum Gasteiger partial charge on any atom is 0.115 e. The van der Waals surface area contributed by atoms with Crippen LogP contribution in [0.3, 0.4) is 0 Å². The third-order valence-corrected chi connectivity index (χ3v) is 3.75. The Morgan fingerprint density at radius 1 is 1.00 bits per heavy atom. The van der Waals surface area contributed by atoms with Gasteiger partial charge < -0.3 is 5.11 Å². The summed E-state index contributed by atoms with van der Waals surface area (Å²) in [5.41, 5.74) is 4.23. The minimum absolute atomic E-state index is 0.340. The maximum absolute atomic E-state index is 9.36. The Morgan fingerprint density at radius 2 is 1.71 bits per heavy atom. The van der Waals surface area contributed by atoms with E-state index >= 15 is 0 Å². The molecule has 0 saturated heterocycles. The predicted octanol–water partition coefficient (Wildman–Crippen LogP) is 3.72. The smallest absolute Gasteiger partial charge is 0.115 e. The Hall–Kier alpha value is -1.76. The molecule has 1 nitrogen and oxygen atoms in total. The lowest BCUT2D eigenvalue weighted by Crippen LogP contribution is -2.05. The molecule has 0 aromatic heterocycles. The summed E-state index contributed by atoms with van der Waals surface area (Å²) in [6.07, 6.45) is 1.15. The van der Waals surface area contributed by atoms with E-state index in [1.54, 1.807) is 12.1 Å². The van der Waals surface area contributed by atoms with Crippen molar-refractivity contribution in [3.63, 3.8) is 0 Å². The molecule has 1 heteroatoms. The van der Waals surface area contributed by atoms with Gasteiger partial charge in [0.25, 0.3) is 0 Å². The predicted molar refractivity (Wildman–Crippen MR) is 69.3 cm³/mol. The van der Waals surface area contributed by atoms with Gasteiger partial charge in [0.2, 0.25) is 0 Å². The van der Waals surface area contributed by atoms with E-state index in [1.807, 2.05) is 12.1 Å². The van der Waals surface area contributed by atoms with Crippen molar-refractivity contribution in [1.29, 1.82) is 0 Å². The van der Waals surface area contributed by atoms with Gasteiger partial charge in [-0.25, -0.2) is 0 Å². The molecule has 0 saturated carbocycles. The monoisotopic (exact) mass is 224 g/mol. The first kappa shape index (κ1) is 10.4. The Kier molecular flexibility index (Phi) is 2.40. The molecule has 0 spiro atoms. The lowest BCUT2D eigenvalue weighted by atomic mass is 9.87. The van der Waals surface area contributed by atoms with Crippen LogP contribution in [-0.4, -0.2) is 5.11 Å². The lowest BCUT2D eigenvalue weighted by Gasteiger charge is -2.17. The van der Waals surface area contributed by atoms with Gasteiger partial charge in [-0.15, -0.1) is 0 Å². The number of hydrogen-bond donors (Lipinski definition) is 1. The molecule has 0 radical (unpaired) electrons. The summed E-state index contributed by atoms with van der Waals surface area (Å²) < 4.78 is 0. The zero-order valence-corrected chi connectivity index (χ0v) is 9.93. The molecule has 17 heavy (non-hydrogen) atoms. The molecule has 2 aromatic carbocycles. The summed E-state index contributed by atoms with van der Waals surface area (Å²) in [7, 11) is 0. The Bertz CT molecular complexity index is 527. The molecule has 0 fully saturated rings. The summed E-state index contributed by atoms with van der Waals surface area (Å²) in [6.45, 7) is 2.30. The van der Waals surface area contributed by atoms with Crippen LogP contribution in [0.5, 0.6) is 5.75 Å². The second-order valence-corrected chi connectivity index (χ2v) is 4.95. The maximum atomic E-state index is 9.36. The quantitative estimate of drug-likeness (QED) is 0.782. The number of rotatable bonds is 1. The summed E-state index contributed by atoms with van der Waals surface area (Å²) in [6, 6.07) is 16.3. The average Bonchev–Trinajstić information content (AvgIpc) is 2.66. The van der Waals surface area contributed by atoms with Crippen LogP contribution in [0.4, 0.5) is 0 Å². The molecule has 1 aliphatic rings. The van der Waals surface area contributed by atoms with Crippen LogP contribution in [0.1, 0.15) is 29.5 Å². The third kappa shape index (κ3) is 1.72. The van der Waals surface area contributed by atoms with Gasteiger partial charge in [0.1, 0.15) is 5.75 Å². The molecule has 1 N–H and O–H groups in total. The SMILES string of the molecule is C[C@H]1Cc2ccccc2[C@@H]1c1ccc(O)cc1. The van der Waals surface area contributed by atoms with Crippen LogP contribution in [-0.2, 0) is 6.42 Å². The van der Waals surface area contributed by atoms with Crippen LogP contribution < -0.4 is 0 Å². The fourth-order valence-electron chi connectivity index (χ4n) is 2.98. The van der Waals surface area contributed by atoms with Gasteiger partial charge in [-0.05, 0) is 41.2 Å². The number of hydrogen-bond acceptors (Lipinski definition) is 1. The van der Waals surface area contributed by atoms with Crippen molar-refractivity contribution in [2.24, 2.45) is 5.92 Å². The molecular formula is C16H16O. The third-order valence-electron chi connectivity index (χ3n) is 3.75. The summed E-state index contributed by atoms with van der Waals surface area (Å²) in [4.78, 5) is 0. The molecule has 3 rings (SSSR count). The molecule has 2 atom stereocenters. The molecule has 1 aliphatic carbocycles. The van der Waals surface area contributed by atoms with Crippen molar-refractivity contribution in [2.75, 3.05) is 0 Å². The van der Waals surface area contributed by atoms with E-state index in [-0.39, 0.29) is 0 Å². The van der Waals surface area contributed by atoms with Crippen LogP contribution in [0.15, 0.2) is 48.5 Å². The first-order valence-electron chi connectivity index (χ1n) is 6.12. The first-order chi connectivity index (χ1) is 8.25. The van der Waals surface area contributed by atoms with Crippen LogP contribution in [0, 0.1) is 5.92 Å².